The summed E-state index contributed by atoms with van der Waals surface area (Å²) in [6.45, 7) is 7.94. The van der Waals surface area contributed by atoms with Crippen molar-refractivity contribution < 1.29 is 4.79 Å². The molecule has 1 amide bonds. The van der Waals surface area contributed by atoms with E-state index in [4.69, 9.17) is 0 Å². The number of nitrogens with zero attached hydrogens (tertiary/aromatic N) is 2. The van der Waals surface area contributed by atoms with Crippen molar-refractivity contribution in [3.05, 3.63) is 34.9 Å². The van der Waals surface area contributed by atoms with Crippen molar-refractivity contribution in [1.29, 1.82) is 0 Å². The Balaban J connectivity index is 2.15. The summed E-state index contributed by atoms with van der Waals surface area (Å²) in [6.07, 6.45) is 2.03. The standard InChI is InChI=1S/C16H24N2O/c1-4-13-6-7-15(12-14(13)5-2)16(19)18-10-8-17(3)9-11-18/h6-7,12H,4-5,8-11H2,1-3H3. The van der Waals surface area contributed by atoms with Gasteiger partial charge < -0.3 is 9.80 Å². The zero-order valence-corrected chi connectivity index (χ0v) is 12.3. The molecule has 1 fully saturated rings. The zero-order valence-electron chi connectivity index (χ0n) is 12.3. The molecule has 104 valence electrons. The number of rotatable bonds is 3. The van der Waals surface area contributed by atoms with Gasteiger partial charge in [0, 0.05) is 31.7 Å². The van der Waals surface area contributed by atoms with Gasteiger partial charge in [-0.3, -0.25) is 4.79 Å². The average molecular weight is 260 g/mol. The minimum Gasteiger partial charge on any atom is -0.336 e. The van der Waals surface area contributed by atoms with Crippen LogP contribution < -0.4 is 0 Å². The first kappa shape index (κ1) is 14.1. The molecule has 0 bridgehead atoms. The van der Waals surface area contributed by atoms with Crippen LogP contribution in [0.15, 0.2) is 18.2 Å². The first-order valence-corrected chi connectivity index (χ1v) is 7.25. The molecule has 19 heavy (non-hydrogen) atoms. The number of carbonyl (C=O) groups excluding carboxylic acids is 1. The predicted octanol–water partition coefficient (Wildman–Crippen LogP) is 2.20. The van der Waals surface area contributed by atoms with Crippen LogP contribution in [-0.2, 0) is 12.8 Å². The molecule has 1 aliphatic rings. The molecular formula is C16H24N2O. The van der Waals surface area contributed by atoms with Crippen LogP contribution in [-0.4, -0.2) is 48.9 Å². The van der Waals surface area contributed by atoms with Gasteiger partial charge in [0.05, 0.1) is 0 Å². The van der Waals surface area contributed by atoms with Gasteiger partial charge in [-0.05, 0) is 43.1 Å². The Hall–Kier alpha value is -1.35. The fraction of sp³-hybridized carbons (Fsp3) is 0.562. The Morgan fingerprint density at radius 1 is 1.05 bits per heavy atom. The molecule has 3 heteroatoms. The Bertz CT molecular complexity index is 448. The van der Waals surface area contributed by atoms with E-state index in [2.05, 4.69) is 37.9 Å². The first-order chi connectivity index (χ1) is 9.15. The van der Waals surface area contributed by atoms with Crippen LogP contribution in [0.4, 0.5) is 0 Å². The highest BCUT2D eigenvalue weighted by Gasteiger charge is 2.20. The Morgan fingerprint density at radius 3 is 2.26 bits per heavy atom. The van der Waals surface area contributed by atoms with Crippen molar-refractivity contribution in [1.82, 2.24) is 9.80 Å². The summed E-state index contributed by atoms with van der Waals surface area (Å²) in [6, 6.07) is 6.18. The normalized spacial score (nSPS) is 16.7. The predicted molar refractivity (Wildman–Crippen MR) is 78.6 cm³/mol. The molecule has 0 saturated carbocycles. The number of hydrogen-bond donors (Lipinski definition) is 0. The van der Waals surface area contributed by atoms with Crippen molar-refractivity contribution in [2.75, 3.05) is 33.2 Å². The maximum absolute atomic E-state index is 12.5. The molecule has 1 saturated heterocycles. The van der Waals surface area contributed by atoms with Gasteiger partial charge in [0.1, 0.15) is 0 Å². The Morgan fingerprint density at radius 2 is 1.68 bits per heavy atom. The smallest absolute Gasteiger partial charge is 0.253 e. The Kier molecular flexibility index (Phi) is 4.59. The van der Waals surface area contributed by atoms with E-state index in [9.17, 15) is 4.79 Å². The topological polar surface area (TPSA) is 23.6 Å². The van der Waals surface area contributed by atoms with Gasteiger partial charge in [-0.25, -0.2) is 0 Å². The molecule has 0 unspecified atom stereocenters. The van der Waals surface area contributed by atoms with Crippen LogP contribution >= 0.6 is 0 Å². The van der Waals surface area contributed by atoms with Crippen molar-refractivity contribution in [3.8, 4) is 0 Å². The van der Waals surface area contributed by atoms with Gasteiger partial charge >= 0.3 is 0 Å². The minimum absolute atomic E-state index is 0.186. The fourth-order valence-corrected chi connectivity index (χ4v) is 2.63. The fourth-order valence-electron chi connectivity index (χ4n) is 2.63. The summed E-state index contributed by atoms with van der Waals surface area (Å²) >= 11 is 0. The number of aryl methyl sites for hydroxylation is 2. The molecule has 1 aliphatic heterocycles. The summed E-state index contributed by atoms with van der Waals surface area (Å²) in [5.41, 5.74) is 3.51. The maximum Gasteiger partial charge on any atom is 0.253 e. The van der Waals surface area contributed by atoms with Gasteiger partial charge in [0.2, 0.25) is 0 Å². The molecule has 0 aromatic heterocycles. The second kappa shape index (κ2) is 6.20. The van der Waals surface area contributed by atoms with Crippen LogP contribution in [0.3, 0.4) is 0 Å². The number of carbonyl (C=O) groups is 1. The minimum atomic E-state index is 0.186. The van der Waals surface area contributed by atoms with E-state index in [1.807, 2.05) is 11.0 Å². The molecule has 0 atom stereocenters. The van der Waals surface area contributed by atoms with Gasteiger partial charge in [-0.15, -0.1) is 0 Å². The summed E-state index contributed by atoms with van der Waals surface area (Å²) in [7, 11) is 2.10. The SMILES string of the molecule is CCc1ccc(C(=O)N2CCN(C)CC2)cc1CC. The van der Waals surface area contributed by atoms with E-state index in [0.29, 0.717) is 0 Å². The van der Waals surface area contributed by atoms with Gasteiger partial charge in [0.25, 0.3) is 5.91 Å². The molecule has 3 nitrogen and oxygen atoms in total. The summed E-state index contributed by atoms with van der Waals surface area (Å²) in [4.78, 5) is 16.7. The number of piperazine rings is 1. The molecule has 0 N–H and O–H groups in total. The third kappa shape index (κ3) is 3.16. The van der Waals surface area contributed by atoms with E-state index in [1.54, 1.807) is 0 Å². The van der Waals surface area contributed by atoms with Crippen LogP contribution in [0.25, 0.3) is 0 Å². The molecule has 1 aromatic rings. The summed E-state index contributed by atoms with van der Waals surface area (Å²) < 4.78 is 0. The lowest BCUT2D eigenvalue weighted by atomic mass is 9.99. The monoisotopic (exact) mass is 260 g/mol. The van der Waals surface area contributed by atoms with Gasteiger partial charge in [-0.1, -0.05) is 19.9 Å². The lowest BCUT2D eigenvalue weighted by Gasteiger charge is -2.32. The quantitative estimate of drug-likeness (QED) is 0.832. The maximum atomic E-state index is 12.5. The summed E-state index contributed by atoms with van der Waals surface area (Å²) in [5, 5.41) is 0. The van der Waals surface area contributed by atoms with Gasteiger partial charge in [0.15, 0.2) is 0 Å². The number of hydrogen-bond acceptors (Lipinski definition) is 2. The highest BCUT2D eigenvalue weighted by molar-refractivity contribution is 5.94. The number of likely N-dealkylation sites (N-methyl/N-ethyl adjacent to an activating group) is 1. The van der Waals surface area contributed by atoms with E-state index in [1.165, 1.54) is 11.1 Å². The average Bonchev–Trinajstić information content (AvgIpc) is 2.46. The molecule has 1 aromatic carbocycles. The zero-order chi connectivity index (χ0) is 13.8. The van der Waals surface area contributed by atoms with Crippen molar-refractivity contribution in [3.63, 3.8) is 0 Å². The number of amides is 1. The second-order valence-corrected chi connectivity index (χ2v) is 5.29. The van der Waals surface area contributed by atoms with Crippen molar-refractivity contribution >= 4 is 5.91 Å². The van der Waals surface area contributed by atoms with Crippen LogP contribution in [0.1, 0.15) is 35.3 Å². The molecule has 0 aliphatic carbocycles. The lowest BCUT2D eigenvalue weighted by Crippen LogP contribution is -2.47. The lowest BCUT2D eigenvalue weighted by molar-refractivity contribution is 0.0664. The van der Waals surface area contributed by atoms with E-state index in [-0.39, 0.29) is 5.91 Å². The molecule has 0 spiro atoms. The highest BCUT2D eigenvalue weighted by atomic mass is 16.2. The van der Waals surface area contributed by atoms with E-state index < -0.39 is 0 Å². The Labute approximate surface area is 116 Å². The third-order valence-electron chi connectivity index (χ3n) is 4.01. The first-order valence-electron chi connectivity index (χ1n) is 7.25. The third-order valence-corrected chi connectivity index (χ3v) is 4.01. The van der Waals surface area contributed by atoms with Crippen LogP contribution in [0.5, 0.6) is 0 Å². The molecule has 2 rings (SSSR count). The second-order valence-electron chi connectivity index (χ2n) is 5.29. The van der Waals surface area contributed by atoms with Crippen molar-refractivity contribution in [2.24, 2.45) is 0 Å². The van der Waals surface area contributed by atoms with Crippen molar-refractivity contribution in [2.45, 2.75) is 26.7 Å². The molecular weight excluding hydrogens is 236 g/mol. The van der Waals surface area contributed by atoms with Gasteiger partial charge in [-0.2, -0.15) is 0 Å². The molecule has 1 heterocycles. The number of benzene rings is 1. The molecule has 0 radical (unpaired) electrons. The largest absolute Gasteiger partial charge is 0.336 e. The van der Waals surface area contributed by atoms with Crippen LogP contribution in [0, 0.1) is 0 Å². The van der Waals surface area contributed by atoms with E-state index in [0.717, 1.165) is 44.6 Å². The summed E-state index contributed by atoms with van der Waals surface area (Å²) in [5.74, 6) is 0.186. The van der Waals surface area contributed by atoms with Crippen LogP contribution in [0.2, 0.25) is 0 Å². The highest BCUT2D eigenvalue weighted by Crippen LogP contribution is 2.16. The van der Waals surface area contributed by atoms with E-state index >= 15 is 0 Å².